The average Bonchev–Trinajstić information content (AvgIpc) is 2.41. The highest BCUT2D eigenvalue weighted by atomic mass is 32.2. The Labute approximate surface area is 116 Å². The lowest BCUT2D eigenvalue weighted by atomic mass is 10.1. The van der Waals surface area contributed by atoms with Gasteiger partial charge in [-0.3, -0.25) is 0 Å². The summed E-state index contributed by atoms with van der Waals surface area (Å²) in [4.78, 5) is 0.377. The lowest BCUT2D eigenvalue weighted by Gasteiger charge is -2.20. The first-order chi connectivity index (χ1) is 9.01. The van der Waals surface area contributed by atoms with Gasteiger partial charge in [0.05, 0.1) is 4.90 Å². The van der Waals surface area contributed by atoms with Crippen molar-refractivity contribution in [3.8, 4) is 0 Å². The van der Waals surface area contributed by atoms with Crippen molar-refractivity contribution in [1.82, 2.24) is 9.62 Å². The van der Waals surface area contributed by atoms with Crippen LogP contribution in [0.2, 0.25) is 0 Å². The predicted molar refractivity (Wildman–Crippen MR) is 78.6 cm³/mol. The van der Waals surface area contributed by atoms with Gasteiger partial charge in [0.25, 0.3) is 0 Å². The molecule has 0 amide bonds. The minimum Gasteiger partial charge on any atom is -0.313 e. The van der Waals surface area contributed by atoms with E-state index < -0.39 is 10.0 Å². The van der Waals surface area contributed by atoms with Crippen LogP contribution in [0.1, 0.15) is 38.8 Å². The SMILES string of the molecule is CCC(NC)c1cccc(S(=O)(=O)N(CC)CC)c1. The molecule has 4 nitrogen and oxygen atoms in total. The first-order valence-corrected chi connectivity index (χ1v) is 8.22. The molecule has 1 unspecified atom stereocenters. The zero-order chi connectivity index (χ0) is 14.5. The number of nitrogens with zero attached hydrogens (tertiary/aromatic N) is 1. The zero-order valence-corrected chi connectivity index (χ0v) is 13.0. The fourth-order valence-electron chi connectivity index (χ4n) is 2.21. The van der Waals surface area contributed by atoms with Crippen LogP contribution in [0.5, 0.6) is 0 Å². The molecule has 1 atom stereocenters. The summed E-state index contributed by atoms with van der Waals surface area (Å²) >= 11 is 0. The highest BCUT2D eigenvalue weighted by Gasteiger charge is 2.22. The number of rotatable bonds is 7. The largest absolute Gasteiger partial charge is 0.313 e. The maximum Gasteiger partial charge on any atom is 0.243 e. The van der Waals surface area contributed by atoms with Gasteiger partial charge in [0.2, 0.25) is 10.0 Å². The summed E-state index contributed by atoms with van der Waals surface area (Å²) in [5.74, 6) is 0. The summed E-state index contributed by atoms with van der Waals surface area (Å²) in [6.07, 6.45) is 0.922. The standard InChI is InChI=1S/C14H24N2O2S/c1-5-14(15-4)12-9-8-10-13(11-12)19(17,18)16(6-2)7-3/h8-11,14-15H,5-7H2,1-4H3. The van der Waals surface area contributed by atoms with E-state index in [9.17, 15) is 8.42 Å². The second-order valence-corrected chi connectivity index (χ2v) is 6.35. The fraction of sp³-hybridized carbons (Fsp3) is 0.571. The van der Waals surface area contributed by atoms with E-state index in [1.165, 1.54) is 4.31 Å². The maximum atomic E-state index is 12.5. The van der Waals surface area contributed by atoms with Crippen molar-refractivity contribution >= 4 is 10.0 Å². The van der Waals surface area contributed by atoms with Crippen molar-refractivity contribution < 1.29 is 8.42 Å². The first-order valence-electron chi connectivity index (χ1n) is 6.78. The van der Waals surface area contributed by atoms with Gasteiger partial charge in [0.1, 0.15) is 0 Å². The van der Waals surface area contributed by atoms with E-state index in [1.54, 1.807) is 12.1 Å². The van der Waals surface area contributed by atoms with E-state index in [2.05, 4.69) is 12.2 Å². The molecule has 0 radical (unpaired) electrons. The van der Waals surface area contributed by atoms with Gasteiger partial charge in [-0.15, -0.1) is 0 Å². The molecule has 1 aromatic carbocycles. The van der Waals surface area contributed by atoms with Crippen LogP contribution in [0.25, 0.3) is 0 Å². The molecule has 0 aliphatic carbocycles. The van der Waals surface area contributed by atoms with Crippen molar-refractivity contribution in [1.29, 1.82) is 0 Å². The van der Waals surface area contributed by atoms with Gasteiger partial charge in [-0.1, -0.05) is 32.9 Å². The molecule has 0 bridgehead atoms. The van der Waals surface area contributed by atoms with Crippen LogP contribution in [0.15, 0.2) is 29.2 Å². The molecule has 1 N–H and O–H groups in total. The Kier molecular flexibility index (Phi) is 5.97. The molecule has 19 heavy (non-hydrogen) atoms. The van der Waals surface area contributed by atoms with Gasteiger partial charge in [-0.25, -0.2) is 8.42 Å². The van der Waals surface area contributed by atoms with E-state index >= 15 is 0 Å². The number of sulfonamides is 1. The minimum atomic E-state index is -3.37. The molecule has 0 aliphatic heterocycles. The third-order valence-electron chi connectivity index (χ3n) is 3.36. The number of hydrogen-bond donors (Lipinski definition) is 1. The van der Waals surface area contributed by atoms with Crippen LogP contribution >= 0.6 is 0 Å². The Hall–Kier alpha value is -0.910. The molecule has 0 spiro atoms. The summed E-state index contributed by atoms with van der Waals surface area (Å²) in [6, 6.07) is 7.40. The average molecular weight is 284 g/mol. The molecule has 0 saturated carbocycles. The van der Waals surface area contributed by atoms with Crippen molar-refractivity contribution in [3.05, 3.63) is 29.8 Å². The van der Waals surface area contributed by atoms with Gasteiger partial charge < -0.3 is 5.32 Å². The normalized spacial score (nSPS) is 13.7. The summed E-state index contributed by atoms with van der Waals surface area (Å²) < 4.78 is 26.4. The highest BCUT2D eigenvalue weighted by molar-refractivity contribution is 7.89. The quantitative estimate of drug-likeness (QED) is 0.836. The predicted octanol–water partition coefficient (Wildman–Crippen LogP) is 2.39. The van der Waals surface area contributed by atoms with Gasteiger partial charge in [0, 0.05) is 19.1 Å². The monoisotopic (exact) mass is 284 g/mol. The Morgan fingerprint density at radius 2 is 1.84 bits per heavy atom. The molecule has 1 aromatic rings. The third kappa shape index (κ3) is 3.55. The zero-order valence-electron chi connectivity index (χ0n) is 12.2. The van der Waals surface area contributed by atoms with E-state index in [0.29, 0.717) is 18.0 Å². The van der Waals surface area contributed by atoms with Gasteiger partial charge in [0.15, 0.2) is 0 Å². The third-order valence-corrected chi connectivity index (χ3v) is 5.41. The van der Waals surface area contributed by atoms with Crippen LogP contribution in [0.4, 0.5) is 0 Å². The van der Waals surface area contributed by atoms with Crippen LogP contribution in [-0.4, -0.2) is 32.9 Å². The molecule has 1 rings (SSSR count). The Balaban J connectivity index is 3.18. The highest BCUT2D eigenvalue weighted by Crippen LogP contribution is 2.22. The van der Waals surface area contributed by atoms with Gasteiger partial charge in [-0.2, -0.15) is 4.31 Å². The molecule has 0 aliphatic rings. The second kappa shape index (κ2) is 7.03. The Bertz CT molecular complexity index is 492. The smallest absolute Gasteiger partial charge is 0.243 e. The summed E-state index contributed by atoms with van der Waals surface area (Å²) in [7, 11) is -1.48. The van der Waals surface area contributed by atoms with E-state index in [1.807, 2.05) is 33.0 Å². The number of benzene rings is 1. The topological polar surface area (TPSA) is 49.4 Å². The lowest BCUT2D eigenvalue weighted by molar-refractivity contribution is 0.445. The van der Waals surface area contributed by atoms with Crippen LogP contribution in [-0.2, 0) is 10.0 Å². The van der Waals surface area contributed by atoms with E-state index in [-0.39, 0.29) is 6.04 Å². The fourth-order valence-corrected chi connectivity index (χ4v) is 3.72. The first kappa shape index (κ1) is 16.1. The summed E-state index contributed by atoms with van der Waals surface area (Å²) in [5.41, 5.74) is 1.01. The molecule has 0 saturated heterocycles. The summed E-state index contributed by atoms with van der Waals surface area (Å²) in [6.45, 7) is 6.77. The van der Waals surface area contributed by atoms with Crippen molar-refractivity contribution in [2.45, 2.75) is 38.1 Å². The second-order valence-electron chi connectivity index (χ2n) is 4.41. The molecule has 0 fully saturated rings. The molecule has 5 heteroatoms. The van der Waals surface area contributed by atoms with Crippen molar-refractivity contribution in [2.75, 3.05) is 20.1 Å². The van der Waals surface area contributed by atoms with Crippen LogP contribution in [0.3, 0.4) is 0 Å². The molecular formula is C14H24N2O2S. The van der Waals surface area contributed by atoms with Gasteiger partial charge >= 0.3 is 0 Å². The van der Waals surface area contributed by atoms with Crippen LogP contribution in [0, 0.1) is 0 Å². The maximum absolute atomic E-state index is 12.5. The molecule has 108 valence electrons. The molecule has 0 heterocycles. The Morgan fingerprint density at radius 1 is 1.21 bits per heavy atom. The number of nitrogens with one attached hydrogen (secondary N) is 1. The summed E-state index contributed by atoms with van der Waals surface area (Å²) in [5, 5.41) is 3.20. The lowest BCUT2D eigenvalue weighted by Crippen LogP contribution is -2.30. The molecule has 0 aromatic heterocycles. The van der Waals surface area contributed by atoms with Crippen molar-refractivity contribution in [2.24, 2.45) is 0 Å². The minimum absolute atomic E-state index is 0.187. The van der Waals surface area contributed by atoms with Gasteiger partial charge in [-0.05, 0) is 31.2 Å². The van der Waals surface area contributed by atoms with E-state index in [0.717, 1.165) is 12.0 Å². The Morgan fingerprint density at radius 3 is 2.32 bits per heavy atom. The van der Waals surface area contributed by atoms with Crippen molar-refractivity contribution in [3.63, 3.8) is 0 Å². The molecular weight excluding hydrogens is 260 g/mol. The number of hydrogen-bond acceptors (Lipinski definition) is 3. The van der Waals surface area contributed by atoms with Crippen LogP contribution < -0.4 is 5.32 Å². The van der Waals surface area contributed by atoms with E-state index in [4.69, 9.17) is 0 Å².